The molecule has 0 unspecified atom stereocenters. The molecule has 0 fully saturated rings. The number of H-pyrrole nitrogens is 1. The highest BCUT2D eigenvalue weighted by atomic mass is 16.5. The van der Waals surface area contributed by atoms with Crippen molar-refractivity contribution in [3.8, 4) is 5.75 Å². The molecule has 1 aromatic carbocycles. The van der Waals surface area contributed by atoms with Crippen LogP contribution < -0.4 is 4.74 Å². The van der Waals surface area contributed by atoms with Gasteiger partial charge in [0, 0.05) is 6.20 Å². The summed E-state index contributed by atoms with van der Waals surface area (Å²) in [5.74, 6) is -0.0200. The average Bonchev–Trinajstić information content (AvgIpc) is 3.02. The molecule has 0 radical (unpaired) electrons. The van der Waals surface area contributed by atoms with E-state index in [2.05, 4.69) is 15.2 Å². The number of rotatable bonds is 4. The summed E-state index contributed by atoms with van der Waals surface area (Å²) in [5, 5.41) is 7.93. The van der Waals surface area contributed by atoms with Crippen LogP contribution in [0.5, 0.6) is 5.75 Å². The van der Waals surface area contributed by atoms with Crippen molar-refractivity contribution in [2.45, 2.75) is 0 Å². The molecule has 0 aliphatic heterocycles. The molecule has 0 amide bonds. The van der Waals surface area contributed by atoms with E-state index in [0.29, 0.717) is 17.0 Å². The van der Waals surface area contributed by atoms with Crippen LogP contribution in [-0.2, 0) is 4.74 Å². The number of ether oxygens (including phenoxy) is 2. The quantitative estimate of drug-likeness (QED) is 0.750. The Morgan fingerprint density at radius 3 is 2.74 bits per heavy atom. The summed E-state index contributed by atoms with van der Waals surface area (Å²) in [6.07, 6.45) is 5.39. The predicted octanol–water partition coefficient (Wildman–Crippen LogP) is 2.92. The zero-order valence-electron chi connectivity index (χ0n) is 12.7. The van der Waals surface area contributed by atoms with Gasteiger partial charge in [-0.3, -0.25) is 10.1 Å². The van der Waals surface area contributed by atoms with Crippen LogP contribution in [0.15, 0.2) is 36.5 Å². The zero-order valence-corrected chi connectivity index (χ0v) is 12.7. The van der Waals surface area contributed by atoms with Gasteiger partial charge in [0.15, 0.2) is 0 Å². The molecule has 6 nitrogen and oxygen atoms in total. The van der Waals surface area contributed by atoms with E-state index in [1.165, 1.54) is 14.2 Å². The van der Waals surface area contributed by atoms with Gasteiger partial charge in [0.05, 0.1) is 36.5 Å². The number of aromatic amines is 1. The Hall–Kier alpha value is -3.15. The average molecular weight is 309 g/mol. The van der Waals surface area contributed by atoms with E-state index in [1.54, 1.807) is 18.3 Å². The van der Waals surface area contributed by atoms with E-state index in [4.69, 9.17) is 9.47 Å². The fraction of sp³-hybridized carbons (Fsp3) is 0.118. The number of esters is 1. The van der Waals surface area contributed by atoms with Crippen molar-refractivity contribution in [2.75, 3.05) is 14.2 Å². The Morgan fingerprint density at radius 2 is 2.04 bits per heavy atom. The molecule has 3 rings (SSSR count). The van der Waals surface area contributed by atoms with Gasteiger partial charge in [-0.1, -0.05) is 6.07 Å². The Morgan fingerprint density at radius 1 is 1.17 bits per heavy atom. The number of benzene rings is 1. The summed E-state index contributed by atoms with van der Waals surface area (Å²) in [5.41, 5.74) is 2.60. The van der Waals surface area contributed by atoms with Crippen LogP contribution in [0.4, 0.5) is 0 Å². The molecule has 0 aliphatic rings. The fourth-order valence-electron chi connectivity index (χ4n) is 2.35. The van der Waals surface area contributed by atoms with Crippen molar-refractivity contribution < 1.29 is 14.3 Å². The minimum atomic E-state index is -0.454. The van der Waals surface area contributed by atoms with E-state index in [-0.39, 0.29) is 0 Å². The molecule has 6 heteroatoms. The number of aromatic nitrogens is 3. The number of carbonyl (C=O) groups excluding carboxylic acids is 1. The van der Waals surface area contributed by atoms with Crippen molar-refractivity contribution in [1.29, 1.82) is 0 Å². The molecule has 0 bridgehead atoms. The van der Waals surface area contributed by atoms with Crippen LogP contribution in [0.3, 0.4) is 0 Å². The number of fused-ring (bicyclic) bond motifs is 1. The van der Waals surface area contributed by atoms with Gasteiger partial charge in [0.25, 0.3) is 0 Å². The molecule has 0 atom stereocenters. The third kappa shape index (κ3) is 2.78. The highest BCUT2D eigenvalue weighted by molar-refractivity contribution is 6.03. The largest absolute Gasteiger partial charge is 0.495 e. The van der Waals surface area contributed by atoms with Gasteiger partial charge in [0.2, 0.25) is 0 Å². The first-order valence-electron chi connectivity index (χ1n) is 6.97. The maximum atomic E-state index is 11.9. The first-order chi connectivity index (χ1) is 11.2. The second-order valence-corrected chi connectivity index (χ2v) is 4.76. The Balaban J connectivity index is 2.11. The SMILES string of the molecule is COC(=O)c1ccc2[nH]nc(/C=C/c3ccccn3)c2c1OC. The van der Waals surface area contributed by atoms with Gasteiger partial charge in [-0.05, 0) is 36.4 Å². The Kier molecular flexibility index (Phi) is 4.05. The lowest BCUT2D eigenvalue weighted by molar-refractivity contribution is 0.0597. The van der Waals surface area contributed by atoms with Gasteiger partial charge >= 0.3 is 5.97 Å². The minimum absolute atomic E-state index is 0.358. The minimum Gasteiger partial charge on any atom is -0.495 e. The van der Waals surface area contributed by atoms with Gasteiger partial charge in [-0.2, -0.15) is 5.10 Å². The van der Waals surface area contributed by atoms with E-state index in [1.807, 2.05) is 30.4 Å². The number of carbonyl (C=O) groups is 1. The topological polar surface area (TPSA) is 77.1 Å². The van der Waals surface area contributed by atoms with Crippen molar-refractivity contribution >= 4 is 29.0 Å². The molecule has 2 heterocycles. The molecular weight excluding hydrogens is 294 g/mol. The van der Waals surface area contributed by atoms with Crippen LogP contribution in [0, 0.1) is 0 Å². The van der Waals surface area contributed by atoms with Gasteiger partial charge in [0.1, 0.15) is 11.3 Å². The fourth-order valence-corrected chi connectivity index (χ4v) is 2.35. The maximum absolute atomic E-state index is 11.9. The summed E-state index contributed by atoms with van der Waals surface area (Å²) in [6, 6.07) is 9.08. The summed E-state index contributed by atoms with van der Waals surface area (Å²) in [7, 11) is 2.85. The molecular formula is C17H15N3O3. The normalized spacial score (nSPS) is 11.0. The van der Waals surface area contributed by atoms with Crippen molar-refractivity contribution in [2.24, 2.45) is 0 Å². The highest BCUT2D eigenvalue weighted by Crippen LogP contribution is 2.32. The van der Waals surface area contributed by atoms with Gasteiger partial charge in [-0.25, -0.2) is 4.79 Å². The van der Waals surface area contributed by atoms with E-state index in [0.717, 1.165) is 16.6 Å². The monoisotopic (exact) mass is 309 g/mol. The lowest BCUT2D eigenvalue weighted by Crippen LogP contribution is -2.04. The summed E-state index contributed by atoms with van der Waals surface area (Å²) in [6.45, 7) is 0. The molecule has 1 N–H and O–H groups in total. The zero-order chi connectivity index (χ0) is 16.2. The van der Waals surface area contributed by atoms with Crippen LogP contribution in [0.2, 0.25) is 0 Å². The number of nitrogens with one attached hydrogen (secondary N) is 1. The van der Waals surface area contributed by atoms with E-state index in [9.17, 15) is 4.79 Å². The van der Waals surface area contributed by atoms with Crippen LogP contribution in [0.25, 0.3) is 23.1 Å². The third-order valence-electron chi connectivity index (χ3n) is 3.42. The van der Waals surface area contributed by atoms with Crippen molar-refractivity contribution in [3.05, 3.63) is 53.5 Å². The number of methoxy groups -OCH3 is 2. The second kappa shape index (κ2) is 6.31. The van der Waals surface area contributed by atoms with E-state index >= 15 is 0 Å². The predicted molar refractivity (Wildman–Crippen MR) is 87.2 cm³/mol. The molecule has 0 spiro atoms. The maximum Gasteiger partial charge on any atom is 0.341 e. The molecule has 0 aliphatic carbocycles. The third-order valence-corrected chi connectivity index (χ3v) is 3.42. The highest BCUT2D eigenvalue weighted by Gasteiger charge is 2.19. The van der Waals surface area contributed by atoms with Gasteiger partial charge < -0.3 is 9.47 Å². The molecule has 3 aromatic rings. The number of nitrogens with zero attached hydrogens (tertiary/aromatic N) is 2. The molecule has 0 saturated carbocycles. The molecule has 23 heavy (non-hydrogen) atoms. The van der Waals surface area contributed by atoms with Crippen LogP contribution >= 0.6 is 0 Å². The van der Waals surface area contributed by atoms with Crippen molar-refractivity contribution in [1.82, 2.24) is 15.2 Å². The lowest BCUT2D eigenvalue weighted by atomic mass is 10.1. The van der Waals surface area contributed by atoms with Crippen molar-refractivity contribution in [3.63, 3.8) is 0 Å². The summed E-state index contributed by atoms with van der Waals surface area (Å²) < 4.78 is 10.2. The van der Waals surface area contributed by atoms with Gasteiger partial charge in [-0.15, -0.1) is 0 Å². The second-order valence-electron chi connectivity index (χ2n) is 4.76. The lowest BCUT2D eigenvalue weighted by Gasteiger charge is -2.08. The number of hydrogen-bond donors (Lipinski definition) is 1. The van der Waals surface area contributed by atoms with E-state index < -0.39 is 5.97 Å². The van der Waals surface area contributed by atoms with Crippen LogP contribution in [-0.4, -0.2) is 35.4 Å². The Labute approximate surface area is 132 Å². The first-order valence-corrected chi connectivity index (χ1v) is 6.97. The number of pyridine rings is 1. The Bertz CT molecular complexity index is 869. The first kappa shape index (κ1) is 14.8. The molecule has 116 valence electrons. The number of hydrogen-bond acceptors (Lipinski definition) is 5. The van der Waals surface area contributed by atoms with Crippen LogP contribution in [0.1, 0.15) is 21.7 Å². The summed E-state index contributed by atoms with van der Waals surface area (Å²) in [4.78, 5) is 16.1. The molecule has 0 saturated heterocycles. The summed E-state index contributed by atoms with van der Waals surface area (Å²) >= 11 is 0. The smallest absolute Gasteiger partial charge is 0.341 e. The standard InChI is InChI=1S/C17H15N3O3/c1-22-16-12(17(21)23-2)7-9-14-15(16)13(19-20-14)8-6-11-5-3-4-10-18-11/h3-10H,1-2H3,(H,19,20)/b8-6+. The molecule has 2 aromatic heterocycles.